The van der Waals surface area contributed by atoms with Crippen molar-refractivity contribution in [1.29, 1.82) is 0 Å². The average molecular weight is 366 g/mol. The third-order valence-corrected chi connectivity index (χ3v) is 5.33. The van der Waals surface area contributed by atoms with Gasteiger partial charge >= 0.3 is 0 Å². The molecule has 26 heavy (non-hydrogen) atoms. The van der Waals surface area contributed by atoms with E-state index in [-0.39, 0.29) is 5.41 Å². The summed E-state index contributed by atoms with van der Waals surface area (Å²) in [6, 6.07) is 16.8. The maximum atomic E-state index is 5.00. The van der Waals surface area contributed by atoms with Crippen molar-refractivity contribution in [3.63, 3.8) is 0 Å². The molecule has 0 aliphatic rings. The van der Waals surface area contributed by atoms with E-state index in [1.165, 1.54) is 10.4 Å². The van der Waals surface area contributed by atoms with Crippen LogP contribution in [0.2, 0.25) is 0 Å². The van der Waals surface area contributed by atoms with E-state index in [2.05, 4.69) is 67.0 Å². The van der Waals surface area contributed by atoms with Gasteiger partial charge in [-0.2, -0.15) is 0 Å². The maximum absolute atomic E-state index is 5.00. The Balaban J connectivity index is 1.92. The molecule has 1 aromatic heterocycles. The second kappa shape index (κ2) is 8.00. The maximum Gasteiger partial charge on any atom is 0.115 e. The van der Waals surface area contributed by atoms with Crippen molar-refractivity contribution < 1.29 is 0 Å². The van der Waals surface area contributed by atoms with Gasteiger partial charge in [0.2, 0.25) is 0 Å². The number of hydrogen-bond donors (Lipinski definition) is 1. The Hall–Kier alpha value is -2.20. The minimum atomic E-state index is -0.0255. The minimum absolute atomic E-state index is 0.0255. The molecule has 1 heterocycles. The molecule has 0 aliphatic carbocycles. The lowest BCUT2D eigenvalue weighted by Gasteiger charge is -2.23. The molecule has 0 saturated heterocycles. The van der Waals surface area contributed by atoms with Gasteiger partial charge in [0, 0.05) is 22.5 Å². The highest BCUT2D eigenvalue weighted by atomic mass is 32.2. The molecule has 3 nitrogen and oxygen atoms in total. The summed E-state index contributed by atoms with van der Waals surface area (Å²) in [5, 5.41) is 0. The molecule has 0 radical (unpaired) electrons. The second-order valence-electron chi connectivity index (χ2n) is 7.18. The van der Waals surface area contributed by atoms with Crippen molar-refractivity contribution in [1.82, 2.24) is 9.55 Å². The summed E-state index contributed by atoms with van der Waals surface area (Å²) in [5.74, 6) is 1.14. The van der Waals surface area contributed by atoms with Crippen LogP contribution in [0.1, 0.15) is 39.4 Å². The lowest BCUT2D eigenvalue weighted by atomic mass is 9.88. The first-order valence-electron chi connectivity index (χ1n) is 9.14. The molecular formula is C22H27N3S. The summed E-state index contributed by atoms with van der Waals surface area (Å²) >= 11 is 1.62. The Morgan fingerprint density at radius 1 is 1.19 bits per heavy atom. The largest absolute Gasteiger partial charge is 0.328 e. The number of allylic oxidation sites excluding steroid dienone is 1. The molecule has 0 fully saturated rings. The molecular weight excluding hydrogens is 338 g/mol. The summed E-state index contributed by atoms with van der Waals surface area (Å²) < 4.78 is 5.80. The fraction of sp³-hybridized carbons (Fsp3) is 0.318. The zero-order valence-electron chi connectivity index (χ0n) is 15.8. The van der Waals surface area contributed by atoms with Crippen molar-refractivity contribution in [3.05, 3.63) is 67.0 Å². The van der Waals surface area contributed by atoms with E-state index in [1.807, 2.05) is 24.3 Å². The normalized spacial score (nSPS) is 11.7. The average Bonchev–Trinajstić information content (AvgIpc) is 3.00. The highest BCUT2D eigenvalue weighted by Crippen LogP contribution is 2.32. The van der Waals surface area contributed by atoms with Gasteiger partial charge in [0.15, 0.2) is 0 Å². The molecule has 0 amide bonds. The Labute approximate surface area is 160 Å². The van der Waals surface area contributed by atoms with Gasteiger partial charge < -0.3 is 9.29 Å². The number of fused-ring (bicyclic) bond motifs is 1. The number of nitrogens with zero attached hydrogens (tertiary/aromatic N) is 2. The number of aryl methyl sites for hydroxylation is 1. The number of hydrogen-bond acceptors (Lipinski definition) is 3. The van der Waals surface area contributed by atoms with E-state index in [0.717, 1.165) is 36.4 Å². The number of benzene rings is 2. The van der Waals surface area contributed by atoms with Crippen LogP contribution in [0.15, 0.2) is 66.1 Å². The number of rotatable bonds is 8. The van der Waals surface area contributed by atoms with Gasteiger partial charge in [0.1, 0.15) is 5.82 Å². The van der Waals surface area contributed by atoms with E-state index in [1.54, 1.807) is 11.9 Å². The Morgan fingerprint density at radius 3 is 2.65 bits per heavy atom. The Morgan fingerprint density at radius 2 is 1.96 bits per heavy atom. The highest BCUT2D eigenvalue weighted by molar-refractivity contribution is 8.00. The molecule has 0 atom stereocenters. The van der Waals surface area contributed by atoms with E-state index >= 15 is 0 Å². The topological polar surface area (TPSA) is 29.9 Å². The fourth-order valence-corrected chi connectivity index (χ4v) is 3.87. The molecule has 0 bridgehead atoms. The molecule has 0 unspecified atom stereocenters. The third kappa shape index (κ3) is 3.96. The van der Waals surface area contributed by atoms with E-state index in [9.17, 15) is 0 Å². The van der Waals surface area contributed by atoms with Gasteiger partial charge in [-0.1, -0.05) is 45.0 Å². The summed E-state index contributed by atoms with van der Waals surface area (Å²) in [5.41, 5.74) is 3.29. The summed E-state index contributed by atoms with van der Waals surface area (Å²) in [4.78, 5) is 6.19. The molecule has 0 spiro atoms. The zero-order chi connectivity index (χ0) is 18.6. The van der Waals surface area contributed by atoms with Crippen LogP contribution in [0.25, 0.3) is 11.0 Å². The number of anilines is 1. The molecule has 136 valence electrons. The summed E-state index contributed by atoms with van der Waals surface area (Å²) in [7, 11) is 0. The molecule has 0 saturated carbocycles. The van der Waals surface area contributed by atoms with E-state index in [0.29, 0.717) is 0 Å². The van der Waals surface area contributed by atoms with Crippen molar-refractivity contribution in [2.75, 3.05) is 4.72 Å². The SMILES string of the molecule is C=CCC(C)(C)c1nc2cc(NSc3ccccc3)ccc2n1CCC. The van der Waals surface area contributed by atoms with Crippen molar-refractivity contribution >= 4 is 28.7 Å². The second-order valence-corrected chi connectivity index (χ2v) is 8.06. The van der Waals surface area contributed by atoms with Crippen LogP contribution in [0.4, 0.5) is 5.69 Å². The predicted octanol–water partition coefficient (Wildman–Crippen LogP) is 6.42. The summed E-state index contributed by atoms with van der Waals surface area (Å²) in [6.45, 7) is 11.6. The zero-order valence-corrected chi connectivity index (χ0v) is 16.6. The lowest BCUT2D eigenvalue weighted by molar-refractivity contribution is 0.465. The van der Waals surface area contributed by atoms with Crippen LogP contribution < -0.4 is 4.72 Å². The predicted molar refractivity (Wildman–Crippen MR) is 114 cm³/mol. The number of aromatic nitrogens is 2. The molecule has 3 aromatic rings. The Bertz CT molecular complexity index is 881. The van der Waals surface area contributed by atoms with Crippen LogP contribution in [-0.4, -0.2) is 9.55 Å². The quantitative estimate of drug-likeness (QED) is 0.369. The number of nitrogens with one attached hydrogen (secondary N) is 1. The van der Waals surface area contributed by atoms with Gasteiger partial charge in [0.05, 0.1) is 11.0 Å². The van der Waals surface area contributed by atoms with E-state index in [4.69, 9.17) is 4.98 Å². The van der Waals surface area contributed by atoms with Gasteiger partial charge in [0.25, 0.3) is 0 Å². The molecule has 3 rings (SSSR count). The summed E-state index contributed by atoms with van der Waals surface area (Å²) in [6.07, 6.45) is 3.99. The van der Waals surface area contributed by atoms with Gasteiger partial charge in [-0.15, -0.1) is 6.58 Å². The first kappa shape index (κ1) is 18.6. The monoisotopic (exact) mass is 365 g/mol. The van der Waals surface area contributed by atoms with Crippen LogP contribution >= 0.6 is 11.9 Å². The van der Waals surface area contributed by atoms with Crippen molar-refractivity contribution in [2.24, 2.45) is 0 Å². The first-order valence-corrected chi connectivity index (χ1v) is 9.96. The number of imidazole rings is 1. The smallest absolute Gasteiger partial charge is 0.115 e. The molecule has 1 N–H and O–H groups in total. The van der Waals surface area contributed by atoms with Crippen molar-refractivity contribution in [3.8, 4) is 0 Å². The van der Waals surface area contributed by atoms with Gasteiger partial charge in [-0.3, -0.25) is 0 Å². The highest BCUT2D eigenvalue weighted by Gasteiger charge is 2.26. The van der Waals surface area contributed by atoms with Crippen LogP contribution in [0.3, 0.4) is 0 Å². The fourth-order valence-electron chi connectivity index (χ4n) is 3.22. The molecule has 4 heteroatoms. The molecule has 2 aromatic carbocycles. The van der Waals surface area contributed by atoms with Crippen LogP contribution in [0, 0.1) is 0 Å². The standard InChI is InChI=1S/C22H27N3S/c1-5-14-22(3,4)21-23-19-16-17(12-13-20(19)25(21)15-6-2)24-26-18-10-8-7-9-11-18/h5,7-13,16,24H,1,6,14-15H2,2-4H3. The Kier molecular flexibility index (Phi) is 5.72. The van der Waals surface area contributed by atoms with Crippen LogP contribution in [0.5, 0.6) is 0 Å². The van der Waals surface area contributed by atoms with E-state index < -0.39 is 0 Å². The molecule has 0 aliphatic heterocycles. The van der Waals surface area contributed by atoms with Crippen LogP contribution in [-0.2, 0) is 12.0 Å². The van der Waals surface area contributed by atoms with Crippen molar-refractivity contribution in [2.45, 2.75) is 50.5 Å². The van der Waals surface area contributed by atoms with Gasteiger partial charge in [-0.05, 0) is 55.1 Å². The third-order valence-electron chi connectivity index (χ3n) is 4.49. The van der Waals surface area contributed by atoms with Gasteiger partial charge in [-0.25, -0.2) is 4.98 Å². The lowest BCUT2D eigenvalue weighted by Crippen LogP contribution is -2.22. The minimum Gasteiger partial charge on any atom is -0.328 e. The first-order chi connectivity index (χ1) is 12.5.